The molecule has 0 heterocycles. The molecule has 0 aliphatic heterocycles. The number of nitrogens with zero attached hydrogens (tertiary/aromatic N) is 1. The second kappa shape index (κ2) is 12.8. The van der Waals surface area contributed by atoms with Gasteiger partial charge in [-0.3, -0.25) is 0 Å². The van der Waals surface area contributed by atoms with Crippen LogP contribution in [-0.4, -0.2) is 0 Å². The quantitative estimate of drug-likeness (QED) is 0.230. The van der Waals surface area contributed by atoms with Crippen molar-refractivity contribution in [2.24, 2.45) is 17.8 Å². The second-order valence-electron chi connectivity index (χ2n) is 9.75. The van der Waals surface area contributed by atoms with Crippen LogP contribution in [0.1, 0.15) is 101 Å². The van der Waals surface area contributed by atoms with Gasteiger partial charge in [0.2, 0.25) is 0 Å². The Morgan fingerprint density at radius 2 is 1.43 bits per heavy atom. The van der Waals surface area contributed by atoms with E-state index in [1.165, 1.54) is 82.6 Å². The molecular weight excluding hydrogens is 362 g/mol. The van der Waals surface area contributed by atoms with Gasteiger partial charge in [0.1, 0.15) is 0 Å². The van der Waals surface area contributed by atoms with E-state index in [2.05, 4.69) is 43.3 Å². The Balaban J connectivity index is 1.25. The lowest BCUT2D eigenvalue weighted by atomic mass is 9.76. The zero-order valence-corrected chi connectivity index (χ0v) is 19.1. The van der Waals surface area contributed by atoms with Crippen molar-refractivity contribution in [1.82, 2.24) is 0 Å². The largest absolute Gasteiger partial charge is 0.193 e. The minimum atomic E-state index is 0.734. The van der Waals surface area contributed by atoms with Crippen LogP contribution in [0.3, 0.4) is 0 Å². The number of hydrogen-bond acceptors (Lipinski definition) is 1. The Morgan fingerprint density at radius 1 is 0.833 bits per heavy atom. The standard InChI is InChI=1S/C29H41N/c1-2-24-15-19-28(20-16-24)29-21-17-27(18-22-29)10-6-5-9-26-13-11-25(12-14-26)8-4-3-7-23-30/h3-4,7-8,15-16,19-20,25-27,29H,2,5-6,9-14,17-18,21-22H2,1H3. The number of nitriles is 1. The van der Waals surface area contributed by atoms with E-state index in [4.69, 9.17) is 5.26 Å². The Bertz CT molecular complexity index is 689. The number of benzene rings is 1. The first-order valence-corrected chi connectivity index (χ1v) is 12.6. The first kappa shape index (κ1) is 22.9. The molecular formula is C29H41N. The van der Waals surface area contributed by atoms with E-state index in [9.17, 15) is 0 Å². The number of rotatable bonds is 9. The van der Waals surface area contributed by atoms with Crippen molar-refractivity contribution in [3.8, 4) is 6.07 Å². The summed E-state index contributed by atoms with van der Waals surface area (Å²) in [5.41, 5.74) is 3.04. The van der Waals surface area contributed by atoms with Crippen molar-refractivity contribution >= 4 is 0 Å². The highest BCUT2D eigenvalue weighted by atomic mass is 14.3. The Kier molecular flexibility index (Phi) is 9.75. The molecule has 1 aromatic carbocycles. The summed E-state index contributed by atoms with van der Waals surface area (Å²) in [6.07, 6.45) is 25.9. The molecule has 0 saturated heterocycles. The highest BCUT2D eigenvalue weighted by Gasteiger charge is 2.23. The summed E-state index contributed by atoms with van der Waals surface area (Å²) in [7, 11) is 0. The minimum Gasteiger partial charge on any atom is -0.193 e. The topological polar surface area (TPSA) is 23.8 Å². The predicted octanol–water partition coefficient (Wildman–Crippen LogP) is 8.53. The maximum Gasteiger partial charge on any atom is 0.0912 e. The van der Waals surface area contributed by atoms with E-state index in [-0.39, 0.29) is 0 Å². The maximum atomic E-state index is 8.53. The second-order valence-corrected chi connectivity index (χ2v) is 9.75. The van der Waals surface area contributed by atoms with Gasteiger partial charge in [-0.2, -0.15) is 5.26 Å². The van der Waals surface area contributed by atoms with E-state index < -0.39 is 0 Å². The molecule has 2 aliphatic carbocycles. The Morgan fingerprint density at radius 3 is 2.00 bits per heavy atom. The summed E-state index contributed by atoms with van der Waals surface area (Å²) in [5.74, 6) is 3.49. The molecule has 0 spiro atoms. The molecule has 2 saturated carbocycles. The molecule has 0 bridgehead atoms. The van der Waals surface area contributed by atoms with Crippen molar-refractivity contribution in [3.63, 3.8) is 0 Å². The SMILES string of the molecule is CCc1ccc(C2CCC(CCCCC3CCC(C=CC=CC#N)CC3)CC2)cc1. The average molecular weight is 404 g/mol. The van der Waals surface area contributed by atoms with Crippen molar-refractivity contribution in [3.05, 3.63) is 59.7 Å². The van der Waals surface area contributed by atoms with Crippen LogP contribution in [-0.2, 0) is 6.42 Å². The highest BCUT2D eigenvalue weighted by molar-refractivity contribution is 5.25. The molecule has 1 nitrogen and oxygen atoms in total. The fourth-order valence-corrected chi connectivity index (χ4v) is 5.67. The lowest BCUT2D eigenvalue weighted by molar-refractivity contribution is 0.273. The van der Waals surface area contributed by atoms with Crippen LogP contribution in [0.25, 0.3) is 0 Å². The molecule has 3 rings (SSSR count). The number of allylic oxidation sites excluding steroid dienone is 4. The zero-order chi connectivity index (χ0) is 21.0. The van der Waals surface area contributed by atoms with Crippen LogP contribution in [0.2, 0.25) is 0 Å². The molecule has 2 aliphatic rings. The van der Waals surface area contributed by atoms with Crippen LogP contribution >= 0.6 is 0 Å². The molecule has 2 fully saturated rings. The van der Waals surface area contributed by atoms with Crippen molar-refractivity contribution < 1.29 is 0 Å². The molecule has 0 radical (unpaired) electrons. The van der Waals surface area contributed by atoms with Crippen molar-refractivity contribution in [1.29, 1.82) is 5.26 Å². The fourth-order valence-electron chi connectivity index (χ4n) is 5.67. The summed E-state index contributed by atoms with van der Waals surface area (Å²) in [6, 6.07) is 11.5. The predicted molar refractivity (Wildman–Crippen MR) is 128 cm³/mol. The van der Waals surface area contributed by atoms with Crippen molar-refractivity contribution in [2.45, 2.75) is 96.3 Å². The lowest BCUT2D eigenvalue weighted by Gasteiger charge is -2.29. The molecule has 1 heteroatoms. The van der Waals surface area contributed by atoms with Crippen molar-refractivity contribution in [2.75, 3.05) is 0 Å². The third kappa shape index (κ3) is 7.46. The number of hydrogen-bond donors (Lipinski definition) is 0. The van der Waals surface area contributed by atoms with Crippen LogP contribution in [0, 0.1) is 29.1 Å². The highest BCUT2D eigenvalue weighted by Crippen LogP contribution is 2.38. The van der Waals surface area contributed by atoms with E-state index in [1.54, 1.807) is 11.6 Å². The average Bonchev–Trinajstić information content (AvgIpc) is 2.81. The van der Waals surface area contributed by atoms with Gasteiger partial charge in [-0.25, -0.2) is 0 Å². The Hall–Kier alpha value is -1.81. The van der Waals surface area contributed by atoms with Gasteiger partial charge < -0.3 is 0 Å². The summed E-state index contributed by atoms with van der Waals surface area (Å²) in [5, 5.41) is 8.53. The summed E-state index contributed by atoms with van der Waals surface area (Å²) in [4.78, 5) is 0. The van der Waals surface area contributed by atoms with E-state index >= 15 is 0 Å². The summed E-state index contributed by atoms with van der Waals surface area (Å²) < 4.78 is 0. The monoisotopic (exact) mass is 403 g/mol. The zero-order valence-electron chi connectivity index (χ0n) is 19.1. The smallest absolute Gasteiger partial charge is 0.0912 e. The first-order chi connectivity index (χ1) is 14.8. The van der Waals surface area contributed by atoms with E-state index in [0.717, 1.165) is 30.1 Å². The van der Waals surface area contributed by atoms with Gasteiger partial charge in [-0.05, 0) is 92.6 Å². The van der Waals surface area contributed by atoms with Gasteiger partial charge in [0, 0.05) is 6.08 Å². The lowest BCUT2D eigenvalue weighted by Crippen LogP contribution is -2.14. The summed E-state index contributed by atoms with van der Waals surface area (Å²) >= 11 is 0. The molecule has 0 atom stereocenters. The maximum absolute atomic E-state index is 8.53. The molecule has 162 valence electrons. The molecule has 30 heavy (non-hydrogen) atoms. The summed E-state index contributed by atoms with van der Waals surface area (Å²) in [6.45, 7) is 2.24. The van der Waals surface area contributed by atoms with Gasteiger partial charge in [0.05, 0.1) is 6.07 Å². The van der Waals surface area contributed by atoms with Crippen LogP contribution in [0.4, 0.5) is 0 Å². The molecule has 1 aromatic rings. The van der Waals surface area contributed by atoms with Gasteiger partial charge in [-0.15, -0.1) is 0 Å². The molecule has 0 unspecified atom stereocenters. The Labute approximate surface area is 185 Å². The van der Waals surface area contributed by atoms with Crippen LogP contribution in [0.15, 0.2) is 48.6 Å². The third-order valence-electron chi connectivity index (χ3n) is 7.74. The minimum absolute atomic E-state index is 0.734. The van der Waals surface area contributed by atoms with Gasteiger partial charge >= 0.3 is 0 Å². The van der Waals surface area contributed by atoms with Gasteiger partial charge in [0.15, 0.2) is 0 Å². The molecule has 0 aromatic heterocycles. The number of aryl methyl sites for hydroxylation is 1. The molecule has 0 N–H and O–H groups in total. The van der Waals surface area contributed by atoms with Gasteiger partial charge in [-0.1, -0.05) is 75.1 Å². The number of unbranched alkanes of at least 4 members (excludes halogenated alkanes) is 1. The fraction of sp³-hybridized carbons (Fsp3) is 0.621. The van der Waals surface area contributed by atoms with Gasteiger partial charge in [0.25, 0.3) is 0 Å². The van der Waals surface area contributed by atoms with E-state index in [1.807, 2.05) is 12.1 Å². The normalized spacial score (nSPS) is 27.5. The molecule has 0 amide bonds. The van der Waals surface area contributed by atoms with E-state index in [0.29, 0.717) is 0 Å². The van der Waals surface area contributed by atoms with Crippen LogP contribution in [0.5, 0.6) is 0 Å². The first-order valence-electron chi connectivity index (χ1n) is 12.6. The third-order valence-corrected chi connectivity index (χ3v) is 7.74. The van der Waals surface area contributed by atoms with Crippen LogP contribution < -0.4 is 0 Å².